The van der Waals surface area contributed by atoms with Gasteiger partial charge in [-0.1, -0.05) is 17.7 Å². The van der Waals surface area contributed by atoms with E-state index in [9.17, 15) is 19.3 Å². The molecule has 0 aliphatic rings. The molecule has 8 heteroatoms. The number of nitro benzene ring substituents is 1. The van der Waals surface area contributed by atoms with Crippen LogP contribution >= 0.6 is 11.6 Å². The van der Waals surface area contributed by atoms with Gasteiger partial charge in [-0.3, -0.25) is 14.9 Å². The molecule has 23 heavy (non-hydrogen) atoms. The smallest absolute Gasteiger partial charge is 0.276 e. The Morgan fingerprint density at radius 3 is 2.83 bits per heavy atom. The van der Waals surface area contributed by atoms with E-state index in [-0.39, 0.29) is 22.1 Å². The van der Waals surface area contributed by atoms with E-state index in [1.807, 2.05) is 0 Å². The van der Waals surface area contributed by atoms with Crippen LogP contribution in [0, 0.1) is 22.9 Å². The van der Waals surface area contributed by atoms with Crippen LogP contribution < -0.4 is 10.1 Å². The van der Waals surface area contributed by atoms with Crippen molar-refractivity contribution in [1.29, 1.82) is 0 Å². The summed E-state index contributed by atoms with van der Waals surface area (Å²) in [5, 5.41) is 13.4. The molecule has 0 spiro atoms. The predicted octanol–water partition coefficient (Wildman–Crippen LogP) is 3.71. The summed E-state index contributed by atoms with van der Waals surface area (Å²) in [6.07, 6.45) is 0. The number of hydrogen-bond donors (Lipinski definition) is 1. The molecule has 0 saturated carbocycles. The molecule has 120 valence electrons. The summed E-state index contributed by atoms with van der Waals surface area (Å²) in [7, 11) is 0. The Labute approximate surface area is 136 Å². The Balaban J connectivity index is 2.04. The Morgan fingerprint density at radius 1 is 1.39 bits per heavy atom. The predicted molar refractivity (Wildman–Crippen MR) is 83.4 cm³/mol. The van der Waals surface area contributed by atoms with Gasteiger partial charge >= 0.3 is 0 Å². The lowest BCUT2D eigenvalue weighted by molar-refractivity contribution is -0.385. The molecular formula is C15H12ClFN2O4. The first-order valence-corrected chi connectivity index (χ1v) is 6.88. The SMILES string of the molecule is Cc1c(OCC(=O)Nc2cc(Cl)ccc2F)cccc1[N+](=O)[O-]. The summed E-state index contributed by atoms with van der Waals surface area (Å²) in [5.74, 6) is -1.03. The lowest BCUT2D eigenvalue weighted by atomic mass is 10.2. The number of halogens is 2. The maximum absolute atomic E-state index is 13.5. The van der Waals surface area contributed by atoms with Crippen LogP contribution in [0.15, 0.2) is 36.4 Å². The summed E-state index contributed by atoms with van der Waals surface area (Å²) < 4.78 is 18.8. The summed E-state index contributed by atoms with van der Waals surface area (Å²) >= 11 is 5.73. The minimum atomic E-state index is -0.630. The zero-order valence-electron chi connectivity index (χ0n) is 12.0. The van der Waals surface area contributed by atoms with Gasteiger partial charge in [0, 0.05) is 11.1 Å². The third-order valence-corrected chi connectivity index (χ3v) is 3.25. The summed E-state index contributed by atoms with van der Waals surface area (Å²) in [4.78, 5) is 22.1. The molecule has 1 N–H and O–H groups in total. The van der Waals surface area contributed by atoms with Gasteiger partial charge in [0.25, 0.3) is 11.6 Å². The number of ether oxygens (including phenoxy) is 1. The van der Waals surface area contributed by atoms with Crippen molar-refractivity contribution in [3.05, 3.63) is 62.9 Å². The second kappa shape index (κ2) is 7.06. The fraction of sp³-hybridized carbons (Fsp3) is 0.133. The van der Waals surface area contributed by atoms with Crippen molar-refractivity contribution >= 4 is 28.9 Å². The fourth-order valence-corrected chi connectivity index (χ4v) is 2.05. The average Bonchev–Trinajstić information content (AvgIpc) is 2.49. The molecule has 2 aromatic carbocycles. The number of nitrogens with zero attached hydrogens (tertiary/aromatic N) is 1. The highest BCUT2D eigenvalue weighted by Gasteiger charge is 2.15. The quantitative estimate of drug-likeness (QED) is 0.665. The van der Waals surface area contributed by atoms with Gasteiger partial charge in [0.1, 0.15) is 11.6 Å². The van der Waals surface area contributed by atoms with E-state index in [1.165, 1.54) is 37.3 Å². The highest BCUT2D eigenvalue weighted by molar-refractivity contribution is 6.30. The van der Waals surface area contributed by atoms with Crippen molar-refractivity contribution in [1.82, 2.24) is 0 Å². The molecular weight excluding hydrogens is 327 g/mol. The van der Waals surface area contributed by atoms with Gasteiger partial charge in [0.2, 0.25) is 0 Å². The van der Waals surface area contributed by atoms with E-state index in [0.29, 0.717) is 5.56 Å². The molecule has 2 aromatic rings. The molecule has 0 heterocycles. The number of amides is 1. The standard InChI is InChI=1S/C15H12ClFN2O4/c1-9-13(19(21)22)3-2-4-14(9)23-8-15(20)18-12-7-10(16)5-6-11(12)17/h2-7H,8H2,1H3,(H,18,20). The molecule has 0 unspecified atom stereocenters. The van der Waals surface area contributed by atoms with Gasteiger partial charge in [-0.15, -0.1) is 0 Å². The van der Waals surface area contributed by atoms with Crippen LogP contribution in [0.3, 0.4) is 0 Å². The van der Waals surface area contributed by atoms with E-state index in [0.717, 1.165) is 6.07 Å². The Bertz CT molecular complexity index is 767. The molecule has 0 fully saturated rings. The average molecular weight is 339 g/mol. The van der Waals surface area contributed by atoms with E-state index < -0.39 is 23.3 Å². The van der Waals surface area contributed by atoms with Crippen LogP contribution in [0.25, 0.3) is 0 Å². The van der Waals surface area contributed by atoms with Crippen LogP contribution in [-0.4, -0.2) is 17.4 Å². The lowest BCUT2D eigenvalue weighted by Gasteiger charge is -2.10. The molecule has 0 atom stereocenters. The van der Waals surface area contributed by atoms with Crippen molar-refractivity contribution < 1.29 is 18.8 Å². The third-order valence-electron chi connectivity index (χ3n) is 3.01. The largest absolute Gasteiger partial charge is 0.483 e. The molecule has 2 rings (SSSR count). The minimum Gasteiger partial charge on any atom is -0.483 e. The van der Waals surface area contributed by atoms with E-state index in [1.54, 1.807) is 0 Å². The van der Waals surface area contributed by atoms with E-state index >= 15 is 0 Å². The zero-order valence-corrected chi connectivity index (χ0v) is 12.8. The van der Waals surface area contributed by atoms with Crippen molar-refractivity contribution in [3.8, 4) is 5.75 Å². The van der Waals surface area contributed by atoms with Crippen LogP contribution in [0.2, 0.25) is 5.02 Å². The summed E-state index contributed by atoms with van der Waals surface area (Å²) in [6.45, 7) is 1.09. The number of nitrogens with one attached hydrogen (secondary N) is 1. The molecule has 0 bridgehead atoms. The number of hydrogen-bond acceptors (Lipinski definition) is 4. The molecule has 0 aromatic heterocycles. The van der Waals surface area contributed by atoms with Gasteiger partial charge in [-0.05, 0) is 31.2 Å². The normalized spacial score (nSPS) is 10.2. The van der Waals surface area contributed by atoms with Gasteiger partial charge < -0.3 is 10.1 Å². The van der Waals surface area contributed by atoms with Crippen LogP contribution in [-0.2, 0) is 4.79 Å². The van der Waals surface area contributed by atoms with Crippen molar-refractivity contribution in [2.75, 3.05) is 11.9 Å². The second-order valence-electron chi connectivity index (χ2n) is 4.62. The number of nitro groups is 1. The fourth-order valence-electron chi connectivity index (χ4n) is 1.88. The highest BCUT2D eigenvalue weighted by atomic mass is 35.5. The topological polar surface area (TPSA) is 81.5 Å². The molecule has 0 radical (unpaired) electrons. The lowest BCUT2D eigenvalue weighted by Crippen LogP contribution is -2.21. The van der Waals surface area contributed by atoms with Crippen LogP contribution in [0.4, 0.5) is 15.8 Å². The van der Waals surface area contributed by atoms with Gasteiger partial charge in [0.05, 0.1) is 16.2 Å². The number of carbonyl (C=O) groups is 1. The van der Waals surface area contributed by atoms with Gasteiger partial charge in [0.15, 0.2) is 6.61 Å². The summed E-state index contributed by atoms with van der Waals surface area (Å²) in [6, 6.07) is 8.06. The summed E-state index contributed by atoms with van der Waals surface area (Å²) in [5.41, 5.74) is 0.130. The Hall–Kier alpha value is -2.67. The first kappa shape index (κ1) is 16.7. The van der Waals surface area contributed by atoms with Crippen LogP contribution in [0.5, 0.6) is 5.75 Å². The first-order valence-electron chi connectivity index (χ1n) is 6.50. The second-order valence-corrected chi connectivity index (χ2v) is 5.05. The van der Waals surface area contributed by atoms with Crippen molar-refractivity contribution in [2.45, 2.75) is 6.92 Å². The van der Waals surface area contributed by atoms with Gasteiger partial charge in [-0.25, -0.2) is 4.39 Å². The Morgan fingerprint density at radius 2 is 2.13 bits per heavy atom. The number of benzene rings is 2. The van der Waals surface area contributed by atoms with E-state index in [4.69, 9.17) is 16.3 Å². The first-order chi connectivity index (χ1) is 10.9. The molecule has 0 aliphatic carbocycles. The molecule has 1 amide bonds. The molecule has 0 saturated heterocycles. The van der Waals surface area contributed by atoms with Crippen LogP contribution in [0.1, 0.15) is 5.56 Å². The third kappa shape index (κ3) is 4.17. The highest BCUT2D eigenvalue weighted by Crippen LogP contribution is 2.27. The monoisotopic (exact) mass is 338 g/mol. The molecule has 0 aliphatic heterocycles. The Kier molecular flexibility index (Phi) is 5.13. The maximum atomic E-state index is 13.5. The maximum Gasteiger partial charge on any atom is 0.276 e. The minimum absolute atomic E-state index is 0.0677. The molecule has 6 nitrogen and oxygen atoms in total. The van der Waals surface area contributed by atoms with Crippen molar-refractivity contribution in [2.24, 2.45) is 0 Å². The zero-order chi connectivity index (χ0) is 17.0. The number of anilines is 1. The number of carbonyl (C=O) groups excluding carboxylic acids is 1. The number of rotatable bonds is 5. The van der Waals surface area contributed by atoms with E-state index in [2.05, 4.69) is 5.32 Å². The van der Waals surface area contributed by atoms with Gasteiger partial charge in [-0.2, -0.15) is 0 Å². The van der Waals surface area contributed by atoms with Crippen molar-refractivity contribution in [3.63, 3.8) is 0 Å².